The number of terminal acetylenes is 1. The lowest BCUT2D eigenvalue weighted by Crippen LogP contribution is -2.43. The Morgan fingerprint density at radius 1 is 1.40 bits per heavy atom. The van der Waals surface area contributed by atoms with Gasteiger partial charge in [-0.2, -0.15) is 0 Å². The Hall–Kier alpha value is -1.50. The second-order valence-corrected chi connectivity index (χ2v) is 4.03. The van der Waals surface area contributed by atoms with Crippen molar-refractivity contribution >= 4 is 11.9 Å². The first-order chi connectivity index (χ1) is 6.87. The van der Waals surface area contributed by atoms with Gasteiger partial charge in [-0.3, -0.25) is 9.59 Å². The molecular formula is C11H17NO3. The first-order valence-electron chi connectivity index (χ1n) is 4.83. The van der Waals surface area contributed by atoms with Gasteiger partial charge in [0, 0.05) is 24.8 Å². The van der Waals surface area contributed by atoms with E-state index in [1.165, 1.54) is 0 Å². The number of nitrogens with one attached hydrogen (secondary N) is 1. The van der Waals surface area contributed by atoms with Crippen LogP contribution in [0.3, 0.4) is 0 Å². The number of hydrogen-bond acceptors (Lipinski definition) is 2. The van der Waals surface area contributed by atoms with Gasteiger partial charge in [-0.25, -0.2) is 0 Å². The minimum Gasteiger partial charge on any atom is -0.481 e. The zero-order chi connectivity index (χ0) is 11.9. The van der Waals surface area contributed by atoms with Crippen molar-refractivity contribution in [3.63, 3.8) is 0 Å². The van der Waals surface area contributed by atoms with Crippen LogP contribution in [0.5, 0.6) is 0 Å². The standard InChI is InChI=1S/C11H17NO3/c1-4-5-6-9(13)12-11(2,3)8-7-10(14)15/h1H,5-8H2,2-3H3,(H,12,13)(H,14,15). The fourth-order valence-electron chi connectivity index (χ4n) is 1.11. The predicted octanol–water partition coefficient (Wildman–Crippen LogP) is 1.16. The quantitative estimate of drug-likeness (QED) is 0.648. The second-order valence-electron chi connectivity index (χ2n) is 4.03. The van der Waals surface area contributed by atoms with Crippen LogP contribution in [-0.2, 0) is 9.59 Å². The topological polar surface area (TPSA) is 66.4 Å². The minimum absolute atomic E-state index is 0.0441. The number of carbonyl (C=O) groups is 2. The summed E-state index contributed by atoms with van der Waals surface area (Å²) in [7, 11) is 0. The molecule has 0 bridgehead atoms. The molecule has 0 aliphatic carbocycles. The molecular weight excluding hydrogens is 194 g/mol. The molecule has 0 saturated heterocycles. The van der Waals surface area contributed by atoms with Gasteiger partial charge in [0.2, 0.25) is 5.91 Å². The van der Waals surface area contributed by atoms with Crippen molar-refractivity contribution in [3.8, 4) is 12.3 Å². The highest BCUT2D eigenvalue weighted by molar-refractivity contribution is 5.77. The Bertz CT molecular complexity index is 276. The van der Waals surface area contributed by atoms with Crippen LogP contribution < -0.4 is 5.32 Å². The van der Waals surface area contributed by atoms with Crippen LogP contribution in [0.2, 0.25) is 0 Å². The van der Waals surface area contributed by atoms with Crippen molar-refractivity contribution in [1.82, 2.24) is 5.32 Å². The van der Waals surface area contributed by atoms with E-state index in [9.17, 15) is 9.59 Å². The second kappa shape index (κ2) is 6.07. The van der Waals surface area contributed by atoms with Gasteiger partial charge in [0.15, 0.2) is 0 Å². The van der Waals surface area contributed by atoms with E-state index in [2.05, 4.69) is 11.2 Å². The predicted molar refractivity (Wildman–Crippen MR) is 57.2 cm³/mol. The third kappa shape index (κ3) is 7.56. The molecule has 84 valence electrons. The van der Waals surface area contributed by atoms with E-state index < -0.39 is 11.5 Å². The smallest absolute Gasteiger partial charge is 0.303 e. The molecule has 0 unspecified atom stereocenters. The Kier molecular flexibility index (Phi) is 5.46. The molecule has 0 atom stereocenters. The minimum atomic E-state index is -0.860. The summed E-state index contributed by atoms with van der Waals surface area (Å²) in [6, 6.07) is 0. The monoisotopic (exact) mass is 211 g/mol. The number of hydrogen-bond donors (Lipinski definition) is 2. The summed E-state index contributed by atoms with van der Waals surface area (Å²) >= 11 is 0. The maximum absolute atomic E-state index is 11.3. The van der Waals surface area contributed by atoms with E-state index >= 15 is 0 Å². The third-order valence-electron chi connectivity index (χ3n) is 1.94. The molecule has 15 heavy (non-hydrogen) atoms. The van der Waals surface area contributed by atoms with Crippen LogP contribution >= 0.6 is 0 Å². The molecule has 0 fully saturated rings. The SMILES string of the molecule is C#CCCC(=O)NC(C)(C)CCC(=O)O. The average Bonchev–Trinajstić information content (AvgIpc) is 2.11. The number of aliphatic carboxylic acids is 1. The zero-order valence-corrected chi connectivity index (χ0v) is 9.17. The molecule has 0 aliphatic rings. The van der Waals surface area contributed by atoms with E-state index in [1.807, 2.05) is 0 Å². The van der Waals surface area contributed by atoms with Crippen LogP contribution in [0, 0.1) is 12.3 Å². The summed E-state index contributed by atoms with van der Waals surface area (Å²) in [4.78, 5) is 21.7. The number of carbonyl (C=O) groups excluding carboxylic acids is 1. The van der Waals surface area contributed by atoms with E-state index in [4.69, 9.17) is 11.5 Å². The fourth-order valence-corrected chi connectivity index (χ4v) is 1.11. The van der Waals surface area contributed by atoms with Crippen molar-refractivity contribution < 1.29 is 14.7 Å². The highest BCUT2D eigenvalue weighted by atomic mass is 16.4. The van der Waals surface area contributed by atoms with E-state index in [0.29, 0.717) is 12.8 Å². The van der Waals surface area contributed by atoms with Crippen LogP contribution in [0.1, 0.15) is 39.5 Å². The largest absolute Gasteiger partial charge is 0.481 e. The molecule has 0 radical (unpaired) electrons. The van der Waals surface area contributed by atoms with Gasteiger partial charge in [0.1, 0.15) is 0 Å². The van der Waals surface area contributed by atoms with Crippen molar-refractivity contribution in [2.75, 3.05) is 0 Å². The third-order valence-corrected chi connectivity index (χ3v) is 1.94. The Morgan fingerprint density at radius 2 is 2.00 bits per heavy atom. The lowest BCUT2D eigenvalue weighted by Gasteiger charge is -2.25. The van der Waals surface area contributed by atoms with E-state index in [1.54, 1.807) is 13.8 Å². The molecule has 0 aromatic heterocycles. The summed E-state index contributed by atoms with van der Waals surface area (Å²) in [5.74, 6) is 1.38. The Balaban J connectivity index is 3.96. The molecule has 1 amide bonds. The van der Waals surface area contributed by atoms with Gasteiger partial charge >= 0.3 is 5.97 Å². The highest BCUT2D eigenvalue weighted by Gasteiger charge is 2.20. The summed E-state index contributed by atoms with van der Waals surface area (Å²) in [5, 5.41) is 11.3. The van der Waals surface area contributed by atoms with Crippen molar-refractivity contribution in [2.45, 2.75) is 45.1 Å². The van der Waals surface area contributed by atoms with Crippen molar-refractivity contribution in [3.05, 3.63) is 0 Å². The molecule has 4 nitrogen and oxygen atoms in total. The van der Waals surface area contributed by atoms with Crippen LogP contribution in [0.4, 0.5) is 0 Å². The van der Waals surface area contributed by atoms with Crippen molar-refractivity contribution in [2.24, 2.45) is 0 Å². The van der Waals surface area contributed by atoms with E-state index in [0.717, 1.165) is 0 Å². The summed E-state index contributed by atoms with van der Waals surface area (Å²) in [6.45, 7) is 3.59. The Labute approximate surface area is 90.1 Å². The zero-order valence-electron chi connectivity index (χ0n) is 9.17. The molecule has 0 aliphatic heterocycles. The lowest BCUT2D eigenvalue weighted by atomic mass is 9.98. The molecule has 2 N–H and O–H groups in total. The number of carboxylic acids is 1. The maximum Gasteiger partial charge on any atom is 0.303 e. The number of carboxylic acid groups (broad SMARTS) is 1. The van der Waals surface area contributed by atoms with Crippen LogP contribution in [0.25, 0.3) is 0 Å². The first-order valence-corrected chi connectivity index (χ1v) is 4.83. The molecule has 0 heterocycles. The van der Waals surface area contributed by atoms with Gasteiger partial charge in [-0.05, 0) is 20.3 Å². The van der Waals surface area contributed by atoms with Gasteiger partial charge in [0.25, 0.3) is 0 Å². The number of amides is 1. The Morgan fingerprint density at radius 3 is 2.47 bits per heavy atom. The summed E-state index contributed by atoms with van der Waals surface area (Å²) < 4.78 is 0. The van der Waals surface area contributed by atoms with Gasteiger partial charge in [-0.1, -0.05) is 0 Å². The average molecular weight is 211 g/mol. The van der Waals surface area contributed by atoms with Gasteiger partial charge in [-0.15, -0.1) is 12.3 Å². The highest BCUT2D eigenvalue weighted by Crippen LogP contribution is 2.11. The normalized spacial score (nSPS) is 10.5. The molecule has 0 saturated carbocycles. The first kappa shape index (κ1) is 13.5. The van der Waals surface area contributed by atoms with E-state index in [-0.39, 0.29) is 18.7 Å². The van der Waals surface area contributed by atoms with Gasteiger partial charge < -0.3 is 10.4 Å². The number of rotatable bonds is 6. The van der Waals surface area contributed by atoms with Crippen molar-refractivity contribution in [1.29, 1.82) is 0 Å². The molecule has 0 aromatic carbocycles. The maximum atomic E-state index is 11.3. The molecule has 0 aromatic rings. The molecule has 0 rings (SSSR count). The van der Waals surface area contributed by atoms with Gasteiger partial charge in [0.05, 0.1) is 0 Å². The van der Waals surface area contributed by atoms with Crippen LogP contribution in [0.15, 0.2) is 0 Å². The lowest BCUT2D eigenvalue weighted by molar-refractivity contribution is -0.137. The van der Waals surface area contributed by atoms with Crippen LogP contribution in [-0.4, -0.2) is 22.5 Å². The fraction of sp³-hybridized carbons (Fsp3) is 0.636. The summed E-state index contributed by atoms with van der Waals surface area (Å²) in [5.41, 5.74) is -0.496. The molecule has 0 spiro atoms. The summed E-state index contributed by atoms with van der Waals surface area (Å²) in [6.07, 6.45) is 6.17. The molecule has 4 heteroatoms.